The van der Waals surface area contributed by atoms with Crippen LogP contribution in [0.5, 0.6) is 0 Å². The van der Waals surface area contributed by atoms with E-state index in [1.807, 2.05) is 26.8 Å². The smallest absolute Gasteiger partial charge is 0.282 e. The number of benzene rings is 3. The highest BCUT2D eigenvalue weighted by atomic mass is 35.5. The summed E-state index contributed by atoms with van der Waals surface area (Å²) in [5, 5.41) is 14.7. The van der Waals surface area contributed by atoms with Crippen LogP contribution < -0.4 is 10.2 Å². The molecule has 0 unspecified atom stereocenters. The van der Waals surface area contributed by atoms with E-state index >= 15 is 0 Å². The molecule has 4 rings (SSSR count). The minimum atomic E-state index is -0.516. The molecule has 1 N–H and O–H groups in total. The summed E-state index contributed by atoms with van der Waals surface area (Å²) in [6, 6.07) is 16.2. The maximum absolute atomic E-state index is 13.6. The van der Waals surface area contributed by atoms with Crippen LogP contribution in [0.25, 0.3) is 5.57 Å². The normalized spacial score (nSPS) is 13.6. The van der Waals surface area contributed by atoms with Crippen LogP contribution in [0.2, 0.25) is 5.02 Å². The molecule has 3 aromatic rings. The van der Waals surface area contributed by atoms with Crippen LogP contribution in [0.3, 0.4) is 0 Å². The fourth-order valence-corrected chi connectivity index (χ4v) is 4.11. The fraction of sp³-hybridized carbons (Fsp3) is 0.120. The Balaban J connectivity index is 1.85. The lowest BCUT2D eigenvalue weighted by Gasteiger charge is -2.17. The van der Waals surface area contributed by atoms with Crippen LogP contribution >= 0.6 is 11.6 Å². The average molecular weight is 462 g/mol. The zero-order valence-corrected chi connectivity index (χ0v) is 18.9. The lowest BCUT2D eigenvalue weighted by molar-refractivity contribution is -0.384. The number of anilines is 2. The fourth-order valence-electron chi connectivity index (χ4n) is 3.88. The third-order valence-electron chi connectivity index (χ3n) is 5.36. The van der Waals surface area contributed by atoms with Crippen LogP contribution in [0.4, 0.5) is 17.1 Å². The van der Waals surface area contributed by atoms with Crippen molar-refractivity contribution in [2.45, 2.75) is 20.8 Å². The molecule has 1 aliphatic rings. The van der Waals surface area contributed by atoms with Gasteiger partial charge in [0.25, 0.3) is 17.5 Å². The summed E-state index contributed by atoms with van der Waals surface area (Å²) in [5.74, 6) is -1.01. The molecule has 3 aromatic carbocycles. The predicted octanol–water partition coefficient (Wildman–Crippen LogP) is 5.57. The molecule has 0 saturated heterocycles. The van der Waals surface area contributed by atoms with Crippen molar-refractivity contribution in [3.05, 3.63) is 104 Å². The molecule has 166 valence electrons. The van der Waals surface area contributed by atoms with Gasteiger partial charge < -0.3 is 5.32 Å². The van der Waals surface area contributed by atoms with Gasteiger partial charge in [0.15, 0.2) is 0 Å². The molecular weight excluding hydrogens is 442 g/mol. The molecule has 0 aliphatic carbocycles. The Labute approximate surface area is 195 Å². The van der Waals surface area contributed by atoms with Crippen molar-refractivity contribution in [1.82, 2.24) is 0 Å². The third-order valence-corrected chi connectivity index (χ3v) is 5.60. The Morgan fingerprint density at radius 1 is 0.879 bits per heavy atom. The van der Waals surface area contributed by atoms with E-state index in [4.69, 9.17) is 11.6 Å². The first-order valence-electron chi connectivity index (χ1n) is 10.1. The number of aryl methyl sites for hydroxylation is 3. The molecule has 1 heterocycles. The number of nitrogens with one attached hydrogen (secondary N) is 1. The van der Waals surface area contributed by atoms with Gasteiger partial charge in [-0.2, -0.15) is 0 Å². The minimum absolute atomic E-state index is 0.0958. The molecule has 0 radical (unpaired) electrons. The van der Waals surface area contributed by atoms with Crippen molar-refractivity contribution >= 4 is 46.1 Å². The van der Waals surface area contributed by atoms with Crippen molar-refractivity contribution < 1.29 is 14.5 Å². The number of hydrogen-bond donors (Lipinski definition) is 1. The maximum atomic E-state index is 13.6. The molecule has 7 nitrogen and oxygen atoms in total. The molecule has 33 heavy (non-hydrogen) atoms. The second kappa shape index (κ2) is 8.52. The Morgan fingerprint density at radius 3 is 2.09 bits per heavy atom. The Bertz CT molecular complexity index is 1330. The van der Waals surface area contributed by atoms with Gasteiger partial charge in [-0.3, -0.25) is 19.7 Å². The lowest BCUT2D eigenvalue weighted by Crippen LogP contribution is -2.32. The first kappa shape index (κ1) is 22.2. The van der Waals surface area contributed by atoms with E-state index in [1.54, 1.807) is 30.3 Å². The number of nitrogens with zero attached hydrogens (tertiary/aromatic N) is 2. The number of hydrogen-bond acceptors (Lipinski definition) is 5. The molecule has 0 spiro atoms. The van der Waals surface area contributed by atoms with Crippen LogP contribution in [0.1, 0.15) is 22.3 Å². The van der Waals surface area contributed by atoms with Crippen molar-refractivity contribution in [3.63, 3.8) is 0 Å². The van der Waals surface area contributed by atoms with Crippen LogP contribution in [-0.2, 0) is 9.59 Å². The molecule has 2 amide bonds. The summed E-state index contributed by atoms with van der Waals surface area (Å²) in [6.45, 7) is 5.62. The number of carbonyl (C=O) groups excluding carboxylic acids is 2. The average Bonchev–Trinajstić information content (AvgIpc) is 2.98. The molecule has 0 aromatic heterocycles. The first-order valence-corrected chi connectivity index (χ1v) is 10.5. The summed E-state index contributed by atoms with van der Waals surface area (Å²) in [5.41, 5.74) is 4.24. The number of nitro benzene ring substituents is 1. The molecule has 0 bridgehead atoms. The molecule has 0 atom stereocenters. The number of imide groups is 1. The van der Waals surface area contributed by atoms with E-state index in [0.717, 1.165) is 21.6 Å². The van der Waals surface area contributed by atoms with Gasteiger partial charge in [0, 0.05) is 22.8 Å². The standard InChI is InChI=1S/C25H20ClN3O4/c1-14-10-15(2)12-20(11-14)28-24(30)22(17-4-7-19(8-5-17)29(32)33)23(25(28)31)27-21-9-6-18(26)13-16(21)3/h4-13,27H,1-3H3. The highest BCUT2D eigenvalue weighted by molar-refractivity contribution is 6.46. The number of carbonyl (C=O) groups is 2. The van der Waals surface area contributed by atoms with E-state index in [-0.39, 0.29) is 17.0 Å². The molecule has 0 fully saturated rings. The van der Waals surface area contributed by atoms with Crippen molar-refractivity contribution in [2.75, 3.05) is 10.2 Å². The molecule has 0 saturated carbocycles. The van der Waals surface area contributed by atoms with Gasteiger partial charge >= 0.3 is 0 Å². The summed E-state index contributed by atoms with van der Waals surface area (Å²) >= 11 is 6.06. The first-order chi connectivity index (χ1) is 15.7. The van der Waals surface area contributed by atoms with Crippen LogP contribution in [0.15, 0.2) is 66.4 Å². The van der Waals surface area contributed by atoms with E-state index < -0.39 is 16.7 Å². The van der Waals surface area contributed by atoms with Gasteiger partial charge in [-0.15, -0.1) is 0 Å². The van der Waals surface area contributed by atoms with Gasteiger partial charge in [0.2, 0.25) is 0 Å². The zero-order valence-electron chi connectivity index (χ0n) is 18.2. The van der Waals surface area contributed by atoms with Gasteiger partial charge in [-0.25, -0.2) is 4.90 Å². The summed E-state index contributed by atoms with van der Waals surface area (Å²) < 4.78 is 0. The quantitative estimate of drug-likeness (QED) is 0.304. The minimum Gasteiger partial charge on any atom is -0.350 e. The van der Waals surface area contributed by atoms with Crippen molar-refractivity contribution in [2.24, 2.45) is 0 Å². The number of non-ortho nitro benzene ring substituents is 1. The lowest BCUT2D eigenvalue weighted by atomic mass is 10.0. The summed E-state index contributed by atoms with van der Waals surface area (Å²) in [6.07, 6.45) is 0. The van der Waals surface area contributed by atoms with E-state index in [1.165, 1.54) is 24.3 Å². The van der Waals surface area contributed by atoms with Crippen LogP contribution in [-0.4, -0.2) is 16.7 Å². The van der Waals surface area contributed by atoms with Gasteiger partial charge in [-0.1, -0.05) is 17.7 Å². The topological polar surface area (TPSA) is 92.6 Å². The van der Waals surface area contributed by atoms with E-state index in [9.17, 15) is 19.7 Å². The van der Waals surface area contributed by atoms with Gasteiger partial charge in [-0.05, 0) is 85.5 Å². The second-order valence-corrected chi connectivity index (χ2v) is 8.37. The SMILES string of the molecule is Cc1cc(C)cc(N2C(=O)C(Nc3ccc(Cl)cc3C)=C(c3ccc([N+](=O)[O-])cc3)C2=O)c1. The maximum Gasteiger partial charge on any atom is 0.282 e. The summed E-state index contributed by atoms with van der Waals surface area (Å²) in [7, 11) is 0. The Hall–Kier alpha value is -3.97. The van der Waals surface area contributed by atoms with Gasteiger partial charge in [0.1, 0.15) is 5.70 Å². The van der Waals surface area contributed by atoms with Gasteiger partial charge in [0.05, 0.1) is 16.2 Å². The zero-order chi connectivity index (χ0) is 23.9. The predicted molar refractivity (Wildman–Crippen MR) is 128 cm³/mol. The number of nitro groups is 1. The summed E-state index contributed by atoms with van der Waals surface area (Å²) in [4.78, 5) is 38.8. The number of amides is 2. The number of rotatable bonds is 5. The third kappa shape index (κ3) is 4.23. The molecule has 1 aliphatic heterocycles. The van der Waals surface area contributed by atoms with Crippen LogP contribution in [0, 0.1) is 30.9 Å². The largest absolute Gasteiger partial charge is 0.350 e. The highest BCUT2D eigenvalue weighted by Crippen LogP contribution is 2.35. The molecular formula is C25H20ClN3O4. The Morgan fingerprint density at radius 2 is 1.52 bits per heavy atom. The molecule has 8 heteroatoms. The van der Waals surface area contributed by atoms with E-state index in [0.29, 0.717) is 22.0 Å². The van der Waals surface area contributed by atoms with Crippen molar-refractivity contribution in [1.29, 1.82) is 0 Å². The monoisotopic (exact) mass is 461 g/mol. The number of halogens is 1. The second-order valence-electron chi connectivity index (χ2n) is 7.93. The van der Waals surface area contributed by atoms with Crippen molar-refractivity contribution in [3.8, 4) is 0 Å². The van der Waals surface area contributed by atoms with E-state index in [2.05, 4.69) is 5.32 Å². The highest BCUT2D eigenvalue weighted by Gasteiger charge is 2.40. The Kier molecular flexibility index (Phi) is 5.74.